The summed E-state index contributed by atoms with van der Waals surface area (Å²) in [6.45, 7) is -1.32. The minimum absolute atomic E-state index is 0.147. The summed E-state index contributed by atoms with van der Waals surface area (Å²) in [6, 6.07) is 0.496. The van der Waals surface area contributed by atoms with Crippen LogP contribution in [0.2, 0.25) is 0 Å². The first-order valence-corrected chi connectivity index (χ1v) is 4.23. The number of anilines is 1. The zero-order valence-corrected chi connectivity index (χ0v) is 8.32. The topological polar surface area (TPSA) is 58.1 Å². The van der Waals surface area contributed by atoms with Gasteiger partial charge in [-0.3, -0.25) is 5.32 Å². The summed E-state index contributed by atoms with van der Waals surface area (Å²) < 4.78 is 35.9. The number of hydrogen-bond acceptors (Lipinski definition) is 3. The van der Waals surface area contributed by atoms with Gasteiger partial charge in [-0.2, -0.15) is 13.2 Å². The summed E-state index contributed by atoms with van der Waals surface area (Å²) in [5.74, 6) is 0.147. The Labute approximate surface area is 89.3 Å². The molecule has 0 atom stereocenters. The van der Waals surface area contributed by atoms with E-state index in [-0.39, 0.29) is 5.82 Å². The minimum Gasteiger partial charge on any atom is -0.318 e. The highest BCUT2D eigenvalue weighted by atomic mass is 19.4. The van der Waals surface area contributed by atoms with Crippen molar-refractivity contribution in [1.29, 1.82) is 0 Å². The predicted octanol–water partition coefficient (Wildman–Crippen LogP) is 1.50. The van der Waals surface area contributed by atoms with E-state index in [2.05, 4.69) is 15.3 Å². The predicted molar refractivity (Wildman–Crippen MR) is 49.7 cm³/mol. The zero-order chi connectivity index (χ0) is 12.2. The fourth-order valence-electron chi connectivity index (χ4n) is 0.910. The second kappa shape index (κ2) is 4.77. The third kappa shape index (κ3) is 4.11. The molecule has 1 heterocycles. The van der Waals surface area contributed by atoms with Gasteiger partial charge in [0.2, 0.25) is 0 Å². The summed E-state index contributed by atoms with van der Waals surface area (Å²) in [5.41, 5.74) is 0. The molecule has 0 aliphatic heterocycles. The van der Waals surface area contributed by atoms with Gasteiger partial charge < -0.3 is 4.90 Å². The van der Waals surface area contributed by atoms with Crippen molar-refractivity contribution in [3.8, 4) is 0 Å². The fraction of sp³-hybridized carbons (Fsp3) is 0.375. The second-order valence-corrected chi connectivity index (χ2v) is 3.00. The van der Waals surface area contributed by atoms with Crippen LogP contribution in [0.3, 0.4) is 0 Å². The molecule has 88 valence electrons. The number of hydrogen-bond donors (Lipinski definition) is 1. The molecule has 1 rings (SSSR count). The molecule has 8 heteroatoms. The van der Waals surface area contributed by atoms with Crippen LogP contribution in [-0.2, 0) is 0 Å². The van der Waals surface area contributed by atoms with E-state index >= 15 is 0 Å². The first-order chi connectivity index (χ1) is 7.38. The van der Waals surface area contributed by atoms with Gasteiger partial charge in [-0.25, -0.2) is 14.8 Å². The van der Waals surface area contributed by atoms with Crippen LogP contribution >= 0.6 is 0 Å². The molecule has 0 saturated heterocycles. The smallest absolute Gasteiger partial charge is 0.318 e. The highest BCUT2D eigenvalue weighted by Crippen LogP contribution is 2.15. The third-order valence-electron chi connectivity index (χ3n) is 1.58. The summed E-state index contributed by atoms with van der Waals surface area (Å²) >= 11 is 0. The lowest BCUT2D eigenvalue weighted by Crippen LogP contribution is -2.38. The Balaban J connectivity index is 2.53. The molecule has 1 aromatic heterocycles. The molecule has 1 aromatic rings. The van der Waals surface area contributed by atoms with Gasteiger partial charge in [0.05, 0.1) is 0 Å². The van der Waals surface area contributed by atoms with Crippen LogP contribution in [0.25, 0.3) is 0 Å². The third-order valence-corrected chi connectivity index (χ3v) is 1.58. The Morgan fingerprint density at radius 1 is 1.56 bits per heavy atom. The molecule has 5 nitrogen and oxygen atoms in total. The van der Waals surface area contributed by atoms with Crippen LogP contribution < -0.4 is 5.32 Å². The van der Waals surface area contributed by atoms with Gasteiger partial charge in [-0.05, 0) is 6.07 Å². The number of carbonyl (C=O) groups is 1. The number of rotatable bonds is 2. The first-order valence-electron chi connectivity index (χ1n) is 4.23. The fourth-order valence-corrected chi connectivity index (χ4v) is 0.910. The van der Waals surface area contributed by atoms with Gasteiger partial charge in [0.15, 0.2) is 0 Å². The van der Waals surface area contributed by atoms with Crippen molar-refractivity contribution in [2.75, 3.05) is 18.9 Å². The molecule has 2 amide bonds. The number of amides is 2. The average Bonchev–Trinajstić information content (AvgIpc) is 2.16. The molecule has 0 spiro atoms. The van der Waals surface area contributed by atoms with Gasteiger partial charge in [-0.1, -0.05) is 0 Å². The van der Waals surface area contributed by atoms with Crippen molar-refractivity contribution in [2.24, 2.45) is 0 Å². The summed E-state index contributed by atoms with van der Waals surface area (Å²) in [5, 5.41) is 2.20. The van der Waals surface area contributed by atoms with Gasteiger partial charge >= 0.3 is 12.2 Å². The maximum atomic E-state index is 12.0. The lowest BCUT2D eigenvalue weighted by atomic mass is 10.5. The average molecular weight is 234 g/mol. The molecular weight excluding hydrogens is 225 g/mol. The number of nitrogens with zero attached hydrogens (tertiary/aromatic N) is 3. The number of nitrogens with one attached hydrogen (secondary N) is 1. The normalized spacial score (nSPS) is 11.0. The number of urea groups is 1. The van der Waals surface area contributed by atoms with E-state index in [1.807, 2.05) is 0 Å². The van der Waals surface area contributed by atoms with E-state index in [1.54, 1.807) is 0 Å². The first kappa shape index (κ1) is 12.2. The van der Waals surface area contributed by atoms with Gasteiger partial charge in [0.25, 0.3) is 0 Å². The molecule has 0 aliphatic rings. The summed E-state index contributed by atoms with van der Waals surface area (Å²) in [6.07, 6.45) is -1.87. The van der Waals surface area contributed by atoms with Gasteiger partial charge in [-0.15, -0.1) is 0 Å². The van der Waals surface area contributed by atoms with E-state index in [9.17, 15) is 18.0 Å². The van der Waals surface area contributed by atoms with Crippen molar-refractivity contribution in [3.63, 3.8) is 0 Å². The minimum atomic E-state index is -4.42. The van der Waals surface area contributed by atoms with Crippen molar-refractivity contribution < 1.29 is 18.0 Å². The van der Waals surface area contributed by atoms with Crippen LogP contribution in [0.4, 0.5) is 23.8 Å². The molecule has 0 aliphatic carbocycles. The largest absolute Gasteiger partial charge is 0.406 e. The van der Waals surface area contributed by atoms with Crippen LogP contribution in [0.15, 0.2) is 18.6 Å². The van der Waals surface area contributed by atoms with E-state index in [4.69, 9.17) is 0 Å². The molecule has 0 unspecified atom stereocenters. The highest BCUT2D eigenvalue weighted by Gasteiger charge is 2.31. The van der Waals surface area contributed by atoms with Crippen molar-refractivity contribution >= 4 is 11.8 Å². The standard InChI is InChI=1S/C8H9F3N4O/c1-15(4-8(9,10)11)7(16)14-6-2-3-12-5-13-6/h2-3,5H,4H2,1H3,(H,12,13,14,16). The van der Waals surface area contributed by atoms with Crippen LogP contribution in [0.1, 0.15) is 0 Å². The Kier molecular flexibility index (Phi) is 3.64. The Morgan fingerprint density at radius 3 is 2.75 bits per heavy atom. The highest BCUT2D eigenvalue weighted by molar-refractivity contribution is 5.87. The quantitative estimate of drug-likeness (QED) is 0.843. The molecule has 1 N–H and O–H groups in total. The molecular formula is C8H9F3N4O. The summed E-state index contributed by atoms with van der Waals surface area (Å²) in [7, 11) is 1.05. The van der Waals surface area contributed by atoms with E-state index in [1.165, 1.54) is 18.6 Å². The van der Waals surface area contributed by atoms with Crippen LogP contribution in [0, 0.1) is 0 Å². The Bertz CT molecular complexity index is 354. The SMILES string of the molecule is CN(CC(F)(F)F)C(=O)Nc1ccncn1. The van der Waals surface area contributed by atoms with Gasteiger partial charge in [0, 0.05) is 13.2 Å². The lowest BCUT2D eigenvalue weighted by molar-refractivity contribution is -0.137. The number of aromatic nitrogens is 2. The molecule has 16 heavy (non-hydrogen) atoms. The maximum absolute atomic E-state index is 12.0. The van der Waals surface area contributed by atoms with Crippen molar-refractivity contribution in [2.45, 2.75) is 6.18 Å². The molecule has 0 aromatic carbocycles. The van der Waals surface area contributed by atoms with Gasteiger partial charge in [0.1, 0.15) is 18.7 Å². The van der Waals surface area contributed by atoms with Crippen LogP contribution in [0.5, 0.6) is 0 Å². The maximum Gasteiger partial charge on any atom is 0.406 e. The lowest BCUT2D eigenvalue weighted by Gasteiger charge is -2.18. The molecule has 0 saturated carbocycles. The zero-order valence-electron chi connectivity index (χ0n) is 8.32. The Hall–Kier alpha value is -1.86. The number of carbonyl (C=O) groups excluding carboxylic acids is 1. The van der Waals surface area contributed by atoms with E-state index < -0.39 is 18.8 Å². The van der Waals surface area contributed by atoms with Crippen LogP contribution in [-0.4, -0.2) is 40.7 Å². The van der Waals surface area contributed by atoms with Crippen molar-refractivity contribution in [1.82, 2.24) is 14.9 Å². The molecule has 0 fully saturated rings. The monoisotopic (exact) mass is 234 g/mol. The molecule has 0 radical (unpaired) electrons. The molecule has 0 bridgehead atoms. The number of alkyl halides is 3. The second-order valence-electron chi connectivity index (χ2n) is 3.00. The van der Waals surface area contributed by atoms with Crippen molar-refractivity contribution in [3.05, 3.63) is 18.6 Å². The summed E-state index contributed by atoms with van der Waals surface area (Å²) in [4.78, 5) is 19.0. The Morgan fingerprint density at radius 2 is 2.25 bits per heavy atom. The van der Waals surface area contributed by atoms with E-state index in [0.717, 1.165) is 7.05 Å². The number of halogens is 3. The van der Waals surface area contributed by atoms with E-state index in [0.29, 0.717) is 4.90 Å².